The second kappa shape index (κ2) is 6.23. The van der Waals surface area contributed by atoms with Gasteiger partial charge in [-0.3, -0.25) is 15.0 Å². The largest absolute Gasteiger partial charge is 0.433 e. The zero-order chi connectivity index (χ0) is 19.2. The van der Waals surface area contributed by atoms with Crippen LogP contribution in [0.1, 0.15) is 20.3 Å². The number of primary sulfonamides is 1. The minimum absolute atomic E-state index is 0.0611. The molecule has 0 aromatic heterocycles. The Morgan fingerprint density at radius 1 is 1.35 bits per heavy atom. The molecule has 2 aliphatic heterocycles. The molecule has 1 spiro atoms. The average Bonchev–Trinajstić information content (AvgIpc) is 2.87. The molecule has 0 radical (unpaired) electrons. The Kier molecular flexibility index (Phi) is 4.46. The summed E-state index contributed by atoms with van der Waals surface area (Å²) >= 11 is 0.963. The van der Waals surface area contributed by atoms with Crippen molar-refractivity contribution in [3.05, 3.63) is 24.3 Å². The van der Waals surface area contributed by atoms with Gasteiger partial charge in [0.15, 0.2) is 5.04 Å². The Bertz CT molecular complexity index is 897. The summed E-state index contributed by atoms with van der Waals surface area (Å²) < 4.78 is 33.2. The molecule has 2 heterocycles. The van der Waals surface area contributed by atoms with E-state index in [4.69, 9.17) is 14.6 Å². The van der Waals surface area contributed by atoms with Gasteiger partial charge in [0.25, 0.3) is 5.91 Å². The zero-order valence-corrected chi connectivity index (χ0v) is 15.4. The summed E-state index contributed by atoms with van der Waals surface area (Å²) in [6.45, 7) is 3.17. The van der Waals surface area contributed by atoms with E-state index in [0.717, 1.165) is 11.8 Å². The van der Waals surface area contributed by atoms with Crippen molar-refractivity contribution in [2.75, 3.05) is 5.32 Å². The lowest BCUT2D eigenvalue weighted by molar-refractivity contribution is -0.271. The Hall–Kier alpha value is -2.15. The number of cyclic esters (lactones) is 1. The average molecular weight is 400 g/mol. The first kappa shape index (κ1) is 18.6. The number of nitrogens with two attached hydrogens (primary N) is 1. The highest BCUT2D eigenvalue weighted by Crippen LogP contribution is 2.41. The van der Waals surface area contributed by atoms with Gasteiger partial charge in [-0.2, -0.15) is 5.10 Å². The molecular formula is C14H16N4O6S2. The quantitative estimate of drug-likeness (QED) is 0.612. The predicted molar refractivity (Wildman–Crippen MR) is 93.2 cm³/mol. The summed E-state index contributed by atoms with van der Waals surface area (Å²) in [5, 5.41) is 10.4. The van der Waals surface area contributed by atoms with Crippen molar-refractivity contribution in [1.82, 2.24) is 5.43 Å². The monoisotopic (exact) mass is 400 g/mol. The van der Waals surface area contributed by atoms with Gasteiger partial charge in [0.1, 0.15) is 6.42 Å². The smallest absolute Gasteiger partial charge is 0.314 e. The molecule has 0 bridgehead atoms. The van der Waals surface area contributed by atoms with Crippen LogP contribution in [-0.4, -0.2) is 36.2 Å². The van der Waals surface area contributed by atoms with E-state index < -0.39 is 32.7 Å². The number of amides is 1. The number of thioether (sulfide) groups is 1. The van der Waals surface area contributed by atoms with E-state index in [1.165, 1.54) is 24.3 Å². The lowest BCUT2D eigenvalue weighted by Crippen LogP contribution is -2.53. The van der Waals surface area contributed by atoms with E-state index in [-0.39, 0.29) is 16.4 Å². The Labute approximate surface area is 153 Å². The van der Waals surface area contributed by atoms with Crippen molar-refractivity contribution in [2.45, 2.75) is 36.0 Å². The highest BCUT2D eigenvalue weighted by molar-refractivity contribution is 8.17. The van der Waals surface area contributed by atoms with Crippen molar-refractivity contribution in [2.24, 2.45) is 10.2 Å². The third kappa shape index (κ3) is 3.98. The summed E-state index contributed by atoms with van der Waals surface area (Å²) in [5.41, 5.74) is 3.03. The highest BCUT2D eigenvalue weighted by Gasteiger charge is 2.51. The first-order chi connectivity index (χ1) is 12.0. The van der Waals surface area contributed by atoms with Gasteiger partial charge in [0.2, 0.25) is 20.9 Å². The molecular weight excluding hydrogens is 384 g/mol. The van der Waals surface area contributed by atoms with Gasteiger partial charge in [-0.05, 0) is 36.0 Å². The first-order valence-corrected chi connectivity index (χ1v) is 9.74. The second-order valence-corrected chi connectivity index (χ2v) is 8.87. The lowest BCUT2D eigenvalue weighted by atomic mass is 10.3. The van der Waals surface area contributed by atoms with Crippen molar-refractivity contribution in [1.29, 1.82) is 0 Å². The standard InChI is InChI=1S/C14H16N4O6S2/c1-13(2)23-10(19)7-14(24-13)18-17-12(25-14)11(20)16-8-3-5-9(6-4-8)26(15,21)22/h3-6,18H,7H2,1-2H3,(H,16,20)(H2,15,21,22). The molecule has 1 amide bonds. The van der Waals surface area contributed by atoms with E-state index in [0.29, 0.717) is 5.69 Å². The maximum atomic E-state index is 12.3. The number of hydrazone groups is 1. The fourth-order valence-corrected chi connectivity index (χ4v) is 4.01. The fraction of sp³-hybridized carbons (Fsp3) is 0.357. The molecule has 0 saturated carbocycles. The molecule has 0 aliphatic carbocycles. The SMILES string of the molecule is CC1(C)OC(=O)CC2(NN=C(C(=O)Nc3ccc(S(N)(=O)=O)cc3)S2)O1. The highest BCUT2D eigenvalue weighted by atomic mass is 32.2. The Morgan fingerprint density at radius 3 is 2.58 bits per heavy atom. The molecule has 2 aliphatic rings. The lowest BCUT2D eigenvalue weighted by Gasteiger charge is -2.40. The number of nitrogens with zero attached hydrogens (tertiary/aromatic N) is 1. The van der Waals surface area contributed by atoms with Crippen molar-refractivity contribution in [3.8, 4) is 0 Å². The van der Waals surface area contributed by atoms with Crippen LogP contribution in [0.25, 0.3) is 0 Å². The fourth-order valence-electron chi connectivity index (χ4n) is 2.42. The zero-order valence-electron chi connectivity index (χ0n) is 13.8. The molecule has 1 saturated heterocycles. The number of nitrogens with one attached hydrogen (secondary N) is 2. The van der Waals surface area contributed by atoms with Crippen LogP contribution < -0.4 is 15.9 Å². The number of esters is 1. The van der Waals surface area contributed by atoms with Gasteiger partial charge >= 0.3 is 5.97 Å². The number of sulfonamides is 1. The number of benzene rings is 1. The molecule has 1 aromatic rings. The van der Waals surface area contributed by atoms with E-state index in [1.54, 1.807) is 13.8 Å². The van der Waals surface area contributed by atoms with Crippen molar-refractivity contribution >= 4 is 44.4 Å². The van der Waals surface area contributed by atoms with Crippen LogP contribution in [0.15, 0.2) is 34.3 Å². The molecule has 1 unspecified atom stereocenters. The molecule has 3 rings (SSSR count). The Balaban J connectivity index is 1.67. The van der Waals surface area contributed by atoms with Crippen LogP contribution in [0.4, 0.5) is 5.69 Å². The molecule has 26 heavy (non-hydrogen) atoms. The number of hydrogen-bond donors (Lipinski definition) is 3. The molecule has 1 atom stereocenters. The summed E-state index contributed by atoms with van der Waals surface area (Å²) in [6, 6.07) is 5.35. The number of rotatable bonds is 3. The van der Waals surface area contributed by atoms with Crippen LogP contribution in [0.2, 0.25) is 0 Å². The number of carbonyl (C=O) groups is 2. The first-order valence-electron chi connectivity index (χ1n) is 7.38. The number of carbonyl (C=O) groups excluding carboxylic acids is 2. The number of hydrogen-bond acceptors (Lipinski definition) is 9. The van der Waals surface area contributed by atoms with Crippen LogP contribution in [-0.2, 0) is 29.1 Å². The summed E-state index contributed by atoms with van der Waals surface area (Å²) in [6.07, 6.45) is -0.121. The van der Waals surface area contributed by atoms with Gasteiger partial charge in [-0.1, -0.05) is 0 Å². The predicted octanol–water partition coefficient (Wildman–Crippen LogP) is 0.276. The number of ether oxygens (including phenoxy) is 2. The van der Waals surface area contributed by atoms with Gasteiger partial charge in [0, 0.05) is 19.5 Å². The van der Waals surface area contributed by atoms with Crippen LogP contribution in [0.3, 0.4) is 0 Å². The summed E-state index contributed by atoms with van der Waals surface area (Å²) in [4.78, 5) is 24.0. The van der Waals surface area contributed by atoms with E-state index in [1.807, 2.05) is 0 Å². The van der Waals surface area contributed by atoms with E-state index >= 15 is 0 Å². The third-order valence-electron chi connectivity index (χ3n) is 3.37. The molecule has 4 N–H and O–H groups in total. The van der Waals surface area contributed by atoms with Crippen LogP contribution >= 0.6 is 11.8 Å². The van der Waals surface area contributed by atoms with Crippen LogP contribution in [0, 0.1) is 0 Å². The van der Waals surface area contributed by atoms with Gasteiger partial charge in [-0.25, -0.2) is 13.6 Å². The minimum atomic E-state index is -3.81. The van der Waals surface area contributed by atoms with Gasteiger partial charge < -0.3 is 14.8 Å². The topological polar surface area (TPSA) is 149 Å². The summed E-state index contributed by atoms with van der Waals surface area (Å²) in [5.74, 6) is -2.17. The van der Waals surface area contributed by atoms with Crippen molar-refractivity contribution in [3.63, 3.8) is 0 Å². The molecule has 1 fully saturated rings. The van der Waals surface area contributed by atoms with Crippen LogP contribution in [0.5, 0.6) is 0 Å². The van der Waals surface area contributed by atoms with E-state index in [9.17, 15) is 18.0 Å². The molecule has 12 heteroatoms. The van der Waals surface area contributed by atoms with Gasteiger partial charge in [0.05, 0.1) is 4.90 Å². The molecule has 1 aromatic carbocycles. The maximum absolute atomic E-state index is 12.3. The van der Waals surface area contributed by atoms with Crippen molar-refractivity contribution < 1.29 is 27.5 Å². The maximum Gasteiger partial charge on any atom is 0.314 e. The number of anilines is 1. The molecule has 140 valence electrons. The van der Waals surface area contributed by atoms with E-state index in [2.05, 4.69) is 15.8 Å². The second-order valence-electron chi connectivity index (χ2n) is 6.06. The normalized spacial score (nSPS) is 24.6. The summed E-state index contributed by atoms with van der Waals surface area (Å²) in [7, 11) is -3.81. The van der Waals surface area contributed by atoms with Gasteiger partial charge in [-0.15, -0.1) is 0 Å². The minimum Gasteiger partial charge on any atom is -0.433 e. The molecule has 10 nitrogen and oxygen atoms in total. The third-order valence-corrected chi connectivity index (χ3v) is 5.42. The Morgan fingerprint density at radius 2 is 2.00 bits per heavy atom.